The lowest BCUT2D eigenvalue weighted by atomic mass is 9.81. The van der Waals surface area contributed by atoms with E-state index >= 15 is 0 Å². The lowest BCUT2D eigenvalue weighted by Gasteiger charge is -2.27. The Hall–Kier alpha value is -6.64. The molecule has 0 aliphatic heterocycles. The molecule has 0 atom stereocenters. The summed E-state index contributed by atoms with van der Waals surface area (Å²) < 4.78 is 6.32. The maximum absolute atomic E-state index is 6.32. The molecule has 53 heavy (non-hydrogen) atoms. The van der Waals surface area contributed by atoms with E-state index in [2.05, 4.69) is 201 Å². The molecule has 0 spiro atoms. The topological polar surface area (TPSA) is 16.4 Å². The minimum atomic E-state index is -0.168. The van der Waals surface area contributed by atoms with Gasteiger partial charge in [-0.2, -0.15) is 0 Å². The molecule has 9 aromatic rings. The summed E-state index contributed by atoms with van der Waals surface area (Å²) in [5.41, 5.74) is 17.5. The molecule has 0 saturated heterocycles. The summed E-state index contributed by atoms with van der Waals surface area (Å²) in [5, 5.41) is 2.34. The quantitative estimate of drug-likeness (QED) is 0.174. The normalized spacial score (nSPS) is 12.9. The summed E-state index contributed by atoms with van der Waals surface area (Å²) in [4.78, 5) is 2.36. The van der Waals surface area contributed by atoms with Gasteiger partial charge in [0.25, 0.3) is 0 Å². The maximum atomic E-state index is 6.32. The molecule has 1 aliphatic rings. The van der Waals surface area contributed by atoms with Crippen molar-refractivity contribution in [2.45, 2.75) is 19.3 Å². The van der Waals surface area contributed by atoms with E-state index in [4.69, 9.17) is 4.42 Å². The first-order valence-corrected chi connectivity index (χ1v) is 18.3. The van der Waals surface area contributed by atoms with Crippen LogP contribution in [0, 0.1) is 0 Å². The van der Waals surface area contributed by atoms with E-state index in [-0.39, 0.29) is 5.41 Å². The van der Waals surface area contributed by atoms with E-state index < -0.39 is 0 Å². The highest BCUT2D eigenvalue weighted by Gasteiger charge is 2.36. The molecule has 1 aromatic heterocycles. The van der Waals surface area contributed by atoms with Crippen LogP contribution in [0.15, 0.2) is 192 Å². The fraction of sp³-hybridized carbons (Fsp3) is 0.0588. The highest BCUT2D eigenvalue weighted by atomic mass is 16.3. The predicted molar refractivity (Wildman–Crippen MR) is 222 cm³/mol. The first-order valence-electron chi connectivity index (χ1n) is 18.3. The summed E-state index contributed by atoms with van der Waals surface area (Å²) >= 11 is 0. The number of hydrogen-bond acceptors (Lipinski definition) is 2. The Kier molecular flexibility index (Phi) is 7.19. The van der Waals surface area contributed by atoms with Gasteiger partial charge in [0, 0.05) is 33.2 Å². The molecule has 10 rings (SSSR count). The molecule has 0 bridgehead atoms. The fourth-order valence-corrected chi connectivity index (χ4v) is 8.27. The number of anilines is 3. The average Bonchev–Trinajstić information content (AvgIpc) is 3.69. The Morgan fingerprint density at radius 3 is 1.55 bits per heavy atom. The summed E-state index contributed by atoms with van der Waals surface area (Å²) in [6.45, 7) is 4.68. The van der Waals surface area contributed by atoms with Crippen molar-refractivity contribution in [2.24, 2.45) is 0 Å². The smallest absolute Gasteiger partial charge is 0.135 e. The van der Waals surface area contributed by atoms with Gasteiger partial charge in [0.05, 0.1) is 0 Å². The first-order chi connectivity index (χ1) is 26.0. The minimum Gasteiger partial charge on any atom is -0.456 e. The second-order valence-corrected chi connectivity index (χ2v) is 14.6. The van der Waals surface area contributed by atoms with Crippen LogP contribution in [0.1, 0.15) is 25.0 Å². The van der Waals surface area contributed by atoms with Gasteiger partial charge in [-0.3, -0.25) is 0 Å². The molecule has 0 saturated carbocycles. The molecule has 252 valence electrons. The van der Waals surface area contributed by atoms with E-state index in [0.29, 0.717) is 0 Å². The number of furan rings is 1. The van der Waals surface area contributed by atoms with Crippen molar-refractivity contribution < 1.29 is 4.42 Å². The Morgan fingerprint density at radius 2 is 0.887 bits per heavy atom. The summed E-state index contributed by atoms with van der Waals surface area (Å²) in [7, 11) is 0. The van der Waals surface area contributed by atoms with Crippen LogP contribution >= 0.6 is 0 Å². The van der Waals surface area contributed by atoms with Crippen LogP contribution in [0.3, 0.4) is 0 Å². The highest BCUT2D eigenvalue weighted by Crippen LogP contribution is 2.52. The van der Waals surface area contributed by atoms with Crippen molar-refractivity contribution in [1.82, 2.24) is 0 Å². The number of fused-ring (bicyclic) bond motifs is 6. The van der Waals surface area contributed by atoms with E-state index in [9.17, 15) is 0 Å². The zero-order chi connectivity index (χ0) is 35.5. The Labute approximate surface area is 310 Å². The monoisotopic (exact) mass is 679 g/mol. The fourth-order valence-electron chi connectivity index (χ4n) is 8.27. The van der Waals surface area contributed by atoms with Gasteiger partial charge in [-0.25, -0.2) is 0 Å². The van der Waals surface area contributed by atoms with E-state index in [1.54, 1.807) is 0 Å². The van der Waals surface area contributed by atoms with E-state index in [1.165, 1.54) is 66.4 Å². The van der Waals surface area contributed by atoms with Crippen LogP contribution in [0.2, 0.25) is 0 Å². The molecule has 0 amide bonds. The molecular formula is C51H37NO. The second-order valence-electron chi connectivity index (χ2n) is 14.6. The number of nitrogens with zero attached hydrogens (tertiary/aromatic N) is 1. The highest BCUT2D eigenvalue weighted by molar-refractivity contribution is 6.07. The van der Waals surface area contributed by atoms with Crippen molar-refractivity contribution in [3.8, 4) is 44.5 Å². The minimum absolute atomic E-state index is 0.168. The van der Waals surface area contributed by atoms with E-state index in [1.807, 2.05) is 6.07 Å². The summed E-state index contributed by atoms with van der Waals surface area (Å²) in [6, 6.07) is 67.9. The number of hydrogen-bond donors (Lipinski definition) is 0. The third kappa shape index (κ3) is 5.26. The van der Waals surface area contributed by atoms with Gasteiger partial charge in [-0.1, -0.05) is 141 Å². The van der Waals surface area contributed by atoms with Gasteiger partial charge in [0.1, 0.15) is 11.2 Å². The molecule has 0 fully saturated rings. The van der Waals surface area contributed by atoms with Crippen molar-refractivity contribution in [2.75, 3.05) is 4.90 Å². The molecule has 8 aromatic carbocycles. The van der Waals surface area contributed by atoms with E-state index in [0.717, 1.165) is 28.2 Å². The third-order valence-electron chi connectivity index (χ3n) is 11.1. The third-order valence-corrected chi connectivity index (χ3v) is 11.1. The summed E-state index contributed by atoms with van der Waals surface area (Å²) in [5.74, 6) is 0. The van der Waals surface area contributed by atoms with Crippen molar-refractivity contribution in [3.05, 3.63) is 199 Å². The molecule has 0 N–H and O–H groups in total. The number of para-hydroxylation sites is 1. The zero-order valence-electron chi connectivity index (χ0n) is 29.8. The molecule has 1 heterocycles. The van der Waals surface area contributed by atoms with Gasteiger partial charge < -0.3 is 9.32 Å². The zero-order valence-corrected chi connectivity index (χ0v) is 29.8. The summed E-state index contributed by atoms with van der Waals surface area (Å²) in [6.07, 6.45) is 0. The molecule has 1 aliphatic carbocycles. The van der Waals surface area contributed by atoms with Crippen molar-refractivity contribution >= 4 is 39.0 Å². The van der Waals surface area contributed by atoms with Crippen LogP contribution < -0.4 is 4.90 Å². The van der Waals surface area contributed by atoms with Gasteiger partial charge in [0.2, 0.25) is 0 Å². The first kappa shape index (κ1) is 31.1. The maximum Gasteiger partial charge on any atom is 0.135 e. The van der Waals surface area contributed by atoms with Crippen LogP contribution in [0.25, 0.3) is 66.4 Å². The van der Waals surface area contributed by atoms with Crippen LogP contribution in [-0.4, -0.2) is 0 Å². The molecule has 2 nitrogen and oxygen atoms in total. The Bertz CT molecular complexity index is 2690. The van der Waals surface area contributed by atoms with Gasteiger partial charge in [-0.15, -0.1) is 0 Å². The second kappa shape index (κ2) is 12.3. The Morgan fingerprint density at radius 1 is 0.358 bits per heavy atom. The van der Waals surface area contributed by atoms with Gasteiger partial charge in [-0.05, 0) is 116 Å². The predicted octanol–water partition coefficient (Wildman–Crippen LogP) is 14.4. The SMILES string of the molecule is CC1(C)c2cc(-c3cccc(N(c4ccc(-c5ccccc5)cc4)c4ccc(-c5ccccc5)cc4)c3)ccc2-c2cc3c(cc21)oc1ccccc13. The Balaban J connectivity index is 1.05. The molecular weight excluding hydrogens is 643 g/mol. The number of benzene rings is 8. The van der Waals surface area contributed by atoms with Crippen LogP contribution in [0.4, 0.5) is 17.1 Å². The molecule has 2 heteroatoms. The average molecular weight is 680 g/mol. The standard InChI is InChI=1S/C51H37NO/c1-51(2)47-31-39(24-29-43(47)45-32-46-44-18-9-10-19-49(44)53-50(46)33-48(45)51)38-16-11-17-42(30-38)52(40-25-20-36(21-26-40)34-12-5-3-6-13-34)41-27-22-37(23-28-41)35-14-7-4-8-15-35/h3-33H,1-2H3. The van der Waals surface area contributed by atoms with Crippen LogP contribution in [-0.2, 0) is 5.41 Å². The molecule has 0 radical (unpaired) electrons. The lowest BCUT2D eigenvalue weighted by Crippen LogP contribution is -2.15. The largest absolute Gasteiger partial charge is 0.456 e. The van der Waals surface area contributed by atoms with Gasteiger partial charge in [0.15, 0.2) is 0 Å². The van der Waals surface area contributed by atoms with Crippen molar-refractivity contribution in [1.29, 1.82) is 0 Å². The number of rotatable bonds is 6. The lowest BCUT2D eigenvalue weighted by molar-refractivity contribution is 0.647. The van der Waals surface area contributed by atoms with Gasteiger partial charge >= 0.3 is 0 Å². The van der Waals surface area contributed by atoms with Crippen molar-refractivity contribution in [3.63, 3.8) is 0 Å². The van der Waals surface area contributed by atoms with Crippen LogP contribution in [0.5, 0.6) is 0 Å². The molecule has 0 unspecified atom stereocenters.